The van der Waals surface area contributed by atoms with E-state index in [1.54, 1.807) is 6.08 Å². The molecule has 1 fully saturated rings. The lowest BCUT2D eigenvalue weighted by atomic mass is 10.1. The van der Waals surface area contributed by atoms with Gasteiger partial charge in [-0.25, -0.2) is 14.0 Å². The molecule has 0 aliphatic heterocycles. The second-order valence-corrected chi connectivity index (χ2v) is 10.6. The fraction of sp³-hybridized carbons (Fsp3) is 0.562. The van der Waals surface area contributed by atoms with E-state index in [9.17, 15) is 9.60 Å². The Bertz CT molecular complexity index is 903. The van der Waals surface area contributed by atoms with Gasteiger partial charge in [0.1, 0.15) is 6.17 Å². The fourth-order valence-electron chi connectivity index (χ4n) is 2.40. The zero-order valence-corrected chi connectivity index (χ0v) is 17.7. The van der Waals surface area contributed by atoms with E-state index in [1.807, 2.05) is 11.7 Å². The molecule has 0 amide bonds. The van der Waals surface area contributed by atoms with Crippen LogP contribution in [0.5, 0.6) is 0 Å². The molecule has 3 atom stereocenters. The van der Waals surface area contributed by atoms with Gasteiger partial charge in [-0.3, -0.25) is 19.8 Å². The molecule has 4 N–H and O–H groups in total. The molecule has 0 bridgehead atoms. The summed E-state index contributed by atoms with van der Waals surface area (Å²) in [5, 5.41) is 20.1. The second kappa shape index (κ2) is 9.14. The number of allylic oxidation sites excluding steroid dienone is 3. The molecule has 0 radical (unpaired) electrons. The molecule has 2 aliphatic rings. The van der Waals surface area contributed by atoms with E-state index in [2.05, 4.69) is 40.9 Å². The molecule has 0 aromatic carbocycles. The summed E-state index contributed by atoms with van der Waals surface area (Å²) in [5.74, 6) is 1.52. The normalized spacial score (nSPS) is 24.4. The third kappa shape index (κ3) is 5.85. The lowest BCUT2D eigenvalue weighted by Gasteiger charge is -2.13. The van der Waals surface area contributed by atoms with Gasteiger partial charge in [-0.2, -0.15) is 0 Å². The smallest absolute Gasteiger partial charge is 0.202 e. The molecule has 2 aliphatic carbocycles. The molecule has 12 heteroatoms. The van der Waals surface area contributed by atoms with E-state index in [1.165, 1.54) is 25.0 Å². The quantitative estimate of drug-likeness (QED) is 0.198. The summed E-state index contributed by atoms with van der Waals surface area (Å²) >= 11 is 3.21. The summed E-state index contributed by atoms with van der Waals surface area (Å²) < 4.78 is 31.1. The van der Waals surface area contributed by atoms with Crippen LogP contribution in [-0.4, -0.2) is 57.5 Å². The first-order valence-corrected chi connectivity index (χ1v) is 11.9. The summed E-state index contributed by atoms with van der Waals surface area (Å²) in [6.45, 7) is 1.23. The van der Waals surface area contributed by atoms with Crippen LogP contribution in [0.2, 0.25) is 0 Å². The third-order valence-electron chi connectivity index (χ3n) is 4.25. The molecule has 1 heterocycles. The molecule has 9 nitrogen and oxygen atoms in total. The zero-order valence-electron chi connectivity index (χ0n) is 15.3. The predicted octanol–water partition coefficient (Wildman–Crippen LogP) is 2.90. The van der Waals surface area contributed by atoms with Gasteiger partial charge in [-0.1, -0.05) is 25.6 Å². The monoisotopic (exact) mass is 475 g/mol. The molecular weight excluding hydrogens is 453 g/mol. The lowest BCUT2D eigenvalue weighted by Crippen LogP contribution is -2.24. The van der Waals surface area contributed by atoms with E-state index >= 15 is 0 Å². The average Bonchev–Trinajstić information content (AvgIpc) is 3.38. The minimum atomic E-state index is -1.78. The Morgan fingerprint density at radius 2 is 2.29 bits per heavy atom. The Balaban J connectivity index is 1.65. The number of alkyl halides is 2. The highest BCUT2D eigenvalue weighted by Crippen LogP contribution is 2.29. The summed E-state index contributed by atoms with van der Waals surface area (Å²) in [7, 11) is -1.78. The first-order chi connectivity index (χ1) is 13.4. The molecule has 0 saturated heterocycles. The van der Waals surface area contributed by atoms with E-state index in [-0.39, 0.29) is 17.3 Å². The molecule has 3 rings (SSSR count). The number of hydroxylamine groups is 1. The van der Waals surface area contributed by atoms with E-state index < -0.39 is 20.6 Å². The van der Waals surface area contributed by atoms with Crippen LogP contribution >= 0.6 is 15.9 Å². The Morgan fingerprint density at radius 3 is 2.96 bits per heavy atom. The molecule has 1 aromatic rings. The van der Waals surface area contributed by atoms with Gasteiger partial charge >= 0.3 is 0 Å². The van der Waals surface area contributed by atoms with Crippen molar-refractivity contribution in [2.24, 2.45) is 15.3 Å². The maximum atomic E-state index is 13.5. The van der Waals surface area contributed by atoms with Crippen molar-refractivity contribution in [3.8, 4) is 0 Å². The number of anilines is 1. The summed E-state index contributed by atoms with van der Waals surface area (Å²) in [6, 6.07) is 0. The Kier molecular flexibility index (Phi) is 6.83. The SMILES string of the molecule is CS(=N)(CCNc1nonc1C(=NC1=CC(Br)C(F)C=C1)NO)=NCC1CC1. The number of amidine groups is 1. The predicted molar refractivity (Wildman–Crippen MR) is 110 cm³/mol. The standard InChI is InChI=1S/C16H23BrFN7O2S/c1-28(19,21-9-10-2-3-10)7-6-20-15-14(24-27-25-15)16(23-26)22-11-4-5-13(18)12(17)8-11/h4-5,8,10,12-13,19,26H,2-3,6-7,9H2,1H3,(H,20,25)(H,22,23). The number of halogens is 2. The topological polar surface area (TPSA) is 132 Å². The van der Waals surface area contributed by atoms with Crippen molar-refractivity contribution >= 4 is 37.2 Å². The van der Waals surface area contributed by atoms with Crippen molar-refractivity contribution in [1.29, 1.82) is 4.78 Å². The number of hydrogen-bond acceptors (Lipinski definition) is 8. The van der Waals surface area contributed by atoms with Crippen LogP contribution in [0, 0.1) is 10.7 Å². The fourth-order valence-corrected chi connectivity index (χ4v) is 4.02. The van der Waals surface area contributed by atoms with Gasteiger partial charge in [0.15, 0.2) is 11.5 Å². The van der Waals surface area contributed by atoms with Crippen LogP contribution in [0.3, 0.4) is 0 Å². The van der Waals surface area contributed by atoms with E-state index in [4.69, 9.17) is 9.41 Å². The van der Waals surface area contributed by atoms with Gasteiger partial charge in [0.25, 0.3) is 0 Å². The molecule has 154 valence electrons. The highest BCUT2D eigenvalue weighted by Gasteiger charge is 2.21. The minimum Gasteiger partial charge on any atom is -0.364 e. The number of nitrogens with one attached hydrogen (secondary N) is 3. The molecule has 1 saturated carbocycles. The average molecular weight is 476 g/mol. The first-order valence-electron chi connectivity index (χ1n) is 8.81. The maximum absolute atomic E-state index is 13.5. The van der Waals surface area contributed by atoms with E-state index in [0.717, 1.165) is 6.54 Å². The summed E-state index contributed by atoms with van der Waals surface area (Å²) in [5.41, 5.74) is 2.61. The van der Waals surface area contributed by atoms with Crippen molar-refractivity contribution in [3.63, 3.8) is 0 Å². The van der Waals surface area contributed by atoms with Crippen molar-refractivity contribution < 1.29 is 14.2 Å². The third-order valence-corrected chi connectivity index (χ3v) is 6.74. The number of rotatable bonds is 8. The van der Waals surface area contributed by atoms with Crippen molar-refractivity contribution in [2.75, 3.05) is 30.4 Å². The van der Waals surface area contributed by atoms with Crippen LogP contribution < -0.4 is 10.8 Å². The molecule has 0 spiro atoms. The molecular formula is C16H23BrFN7O2S. The lowest BCUT2D eigenvalue weighted by molar-refractivity contribution is 0.233. The van der Waals surface area contributed by atoms with Crippen LogP contribution in [-0.2, 0) is 9.62 Å². The number of nitrogens with zero attached hydrogens (tertiary/aromatic N) is 4. The Labute approximate surface area is 171 Å². The highest BCUT2D eigenvalue weighted by molar-refractivity contribution is 9.09. The Hall–Kier alpha value is -1.79. The van der Waals surface area contributed by atoms with Crippen molar-refractivity contribution in [2.45, 2.75) is 23.8 Å². The Morgan fingerprint density at radius 1 is 1.50 bits per heavy atom. The van der Waals surface area contributed by atoms with Gasteiger partial charge in [0, 0.05) is 25.1 Å². The summed E-state index contributed by atoms with van der Waals surface area (Å²) in [4.78, 5) is 3.74. The zero-order chi connectivity index (χ0) is 20.1. The van der Waals surface area contributed by atoms with E-state index in [0.29, 0.717) is 23.9 Å². The van der Waals surface area contributed by atoms with Gasteiger partial charge < -0.3 is 5.32 Å². The number of hydrogen-bond donors (Lipinski definition) is 4. The van der Waals surface area contributed by atoms with Gasteiger partial charge in [0.05, 0.1) is 10.5 Å². The van der Waals surface area contributed by atoms with Crippen molar-refractivity contribution in [1.82, 2.24) is 15.8 Å². The molecule has 28 heavy (non-hydrogen) atoms. The molecule has 1 aromatic heterocycles. The van der Waals surface area contributed by atoms with Crippen molar-refractivity contribution in [3.05, 3.63) is 29.6 Å². The second-order valence-electron chi connectivity index (χ2n) is 6.80. The summed E-state index contributed by atoms with van der Waals surface area (Å²) in [6.07, 6.45) is 7.62. The van der Waals surface area contributed by atoms with Crippen LogP contribution in [0.1, 0.15) is 18.5 Å². The van der Waals surface area contributed by atoms with Crippen LogP contribution in [0.4, 0.5) is 10.2 Å². The minimum absolute atomic E-state index is 0.0102. The highest BCUT2D eigenvalue weighted by atomic mass is 79.9. The largest absolute Gasteiger partial charge is 0.364 e. The van der Waals surface area contributed by atoms with Gasteiger partial charge in [0.2, 0.25) is 5.82 Å². The number of aromatic nitrogens is 2. The van der Waals surface area contributed by atoms with Crippen LogP contribution in [0.25, 0.3) is 0 Å². The first kappa shape index (κ1) is 20.9. The van der Waals surface area contributed by atoms with Gasteiger partial charge in [-0.15, -0.1) is 0 Å². The van der Waals surface area contributed by atoms with Crippen LogP contribution in [0.15, 0.2) is 37.9 Å². The number of aliphatic imine (C=N–C) groups is 1. The van der Waals surface area contributed by atoms with Gasteiger partial charge in [-0.05, 0) is 47.3 Å². The maximum Gasteiger partial charge on any atom is 0.202 e. The molecule has 3 unspecified atom stereocenters.